The molecule has 0 spiro atoms. The molecule has 0 saturated carbocycles. The minimum atomic E-state index is -0.711. The summed E-state index contributed by atoms with van der Waals surface area (Å²) in [6.07, 6.45) is 0. The Labute approximate surface area is 138 Å². The molecule has 0 saturated heterocycles. The van der Waals surface area contributed by atoms with Crippen LogP contribution in [0.25, 0.3) is 0 Å². The number of hydrogen-bond acceptors (Lipinski definition) is 2. The quantitative estimate of drug-likeness (QED) is 0.617. The van der Waals surface area contributed by atoms with Crippen molar-refractivity contribution in [1.29, 1.82) is 0 Å². The molecule has 21 heavy (non-hydrogen) atoms. The topological polar surface area (TPSA) is 18.5 Å². The largest absolute Gasteiger partial charge is 0.496 e. The summed E-state index contributed by atoms with van der Waals surface area (Å²) in [5.41, 5.74) is 1.29. The zero-order chi connectivity index (χ0) is 15.4. The van der Waals surface area contributed by atoms with Gasteiger partial charge in [-0.05, 0) is 51.3 Å². The van der Waals surface area contributed by atoms with Crippen molar-refractivity contribution in [2.75, 3.05) is 7.11 Å². The van der Waals surface area contributed by atoms with Crippen molar-refractivity contribution in [3.05, 3.63) is 57.6 Å². The first kappa shape index (κ1) is 16.2. The van der Waals surface area contributed by atoms with E-state index >= 15 is 0 Å². The highest BCUT2D eigenvalue weighted by atomic mass is 79.9. The van der Waals surface area contributed by atoms with Gasteiger partial charge in [0.25, 0.3) is 0 Å². The fourth-order valence-electron chi connectivity index (χ4n) is 1.78. The van der Waals surface area contributed by atoms with E-state index < -0.39 is 11.6 Å². The number of methoxy groups -OCH3 is 1. The van der Waals surface area contributed by atoms with Gasteiger partial charge in [0.15, 0.2) is 17.4 Å². The van der Waals surface area contributed by atoms with Gasteiger partial charge in [-0.15, -0.1) is 0 Å². The van der Waals surface area contributed by atoms with Gasteiger partial charge in [-0.25, -0.2) is 8.78 Å². The maximum Gasteiger partial charge on any atom is 0.191 e. The van der Waals surface area contributed by atoms with Crippen molar-refractivity contribution < 1.29 is 18.3 Å². The first-order valence-corrected chi connectivity index (χ1v) is 7.95. The SMILES string of the molecule is COc1ccc(COc2c(F)cc(CBr)cc2F)cc1Br. The summed E-state index contributed by atoms with van der Waals surface area (Å²) in [5, 5.41) is 0.381. The first-order chi connectivity index (χ1) is 10.0. The molecule has 0 aromatic heterocycles. The summed E-state index contributed by atoms with van der Waals surface area (Å²) >= 11 is 6.50. The Morgan fingerprint density at radius 1 is 1.05 bits per heavy atom. The van der Waals surface area contributed by atoms with Crippen LogP contribution >= 0.6 is 31.9 Å². The Hall–Kier alpha value is -1.14. The van der Waals surface area contributed by atoms with Crippen molar-refractivity contribution in [2.24, 2.45) is 0 Å². The second-order valence-electron chi connectivity index (χ2n) is 4.28. The smallest absolute Gasteiger partial charge is 0.191 e. The monoisotopic (exact) mass is 420 g/mol. The molecule has 0 aliphatic rings. The Morgan fingerprint density at radius 3 is 2.24 bits per heavy atom. The average Bonchev–Trinajstić information content (AvgIpc) is 2.46. The van der Waals surface area contributed by atoms with E-state index in [2.05, 4.69) is 31.9 Å². The lowest BCUT2D eigenvalue weighted by Crippen LogP contribution is -2.01. The van der Waals surface area contributed by atoms with Crippen LogP contribution in [0.5, 0.6) is 11.5 Å². The predicted octanol–water partition coefficient (Wildman–Crippen LogP) is 5.21. The molecule has 2 aromatic rings. The summed E-state index contributed by atoms with van der Waals surface area (Å²) in [7, 11) is 1.56. The Balaban J connectivity index is 2.15. The molecule has 2 aromatic carbocycles. The third-order valence-corrected chi connectivity index (χ3v) is 4.08. The maximum absolute atomic E-state index is 13.8. The molecule has 0 atom stereocenters. The summed E-state index contributed by atoms with van der Waals surface area (Å²) in [4.78, 5) is 0. The van der Waals surface area contributed by atoms with Crippen LogP contribution < -0.4 is 9.47 Å². The normalized spacial score (nSPS) is 10.5. The second-order valence-corrected chi connectivity index (χ2v) is 5.69. The molecule has 0 fully saturated rings. The van der Waals surface area contributed by atoms with Crippen molar-refractivity contribution in [2.45, 2.75) is 11.9 Å². The molecule has 112 valence electrons. The second kappa shape index (κ2) is 7.22. The minimum Gasteiger partial charge on any atom is -0.496 e. The van der Waals surface area contributed by atoms with Crippen molar-refractivity contribution in [3.63, 3.8) is 0 Å². The fraction of sp³-hybridized carbons (Fsp3) is 0.200. The van der Waals surface area contributed by atoms with E-state index in [0.29, 0.717) is 16.6 Å². The van der Waals surface area contributed by atoms with Gasteiger partial charge in [0.2, 0.25) is 0 Å². The Kier molecular flexibility index (Phi) is 5.58. The van der Waals surface area contributed by atoms with E-state index in [-0.39, 0.29) is 12.4 Å². The lowest BCUT2D eigenvalue weighted by Gasteiger charge is -2.11. The maximum atomic E-state index is 13.8. The van der Waals surface area contributed by atoms with Crippen LogP contribution in [0, 0.1) is 11.6 Å². The van der Waals surface area contributed by atoms with Gasteiger partial charge in [-0.3, -0.25) is 0 Å². The van der Waals surface area contributed by atoms with Gasteiger partial charge in [0.05, 0.1) is 11.6 Å². The molecule has 0 aliphatic carbocycles. The molecular formula is C15H12Br2F2O2. The number of benzene rings is 2. The van der Waals surface area contributed by atoms with Crippen molar-refractivity contribution >= 4 is 31.9 Å². The van der Waals surface area contributed by atoms with E-state index in [4.69, 9.17) is 9.47 Å². The van der Waals surface area contributed by atoms with E-state index in [1.807, 2.05) is 0 Å². The summed E-state index contributed by atoms with van der Waals surface area (Å²) in [5.74, 6) is -1.11. The third-order valence-electron chi connectivity index (χ3n) is 2.81. The molecule has 0 heterocycles. The van der Waals surface area contributed by atoms with E-state index in [1.54, 1.807) is 25.3 Å². The van der Waals surface area contributed by atoms with E-state index in [1.165, 1.54) is 12.1 Å². The highest BCUT2D eigenvalue weighted by molar-refractivity contribution is 9.10. The molecule has 0 amide bonds. The van der Waals surface area contributed by atoms with Gasteiger partial charge in [-0.1, -0.05) is 22.0 Å². The van der Waals surface area contributed by atoms with Gasteiger partial charge >= 0.3 is 0 Å². The first-order valence-electron chi connectivity index (χ1n) is 6.04. The van der Waals surface area contributed by atoms with Crippen LogP contribution in [-0.2, 0) is 11.9 Å². The lowest BCUT2D eigenvalue weighted by atomic mass is 10.2. The van der Waals surface area contributed by atoms with Crippen LogP contribution in [0.1, 0.15) is 11.1 Å². The molecule has 0 unspecified atom stereocenters. The molecule has 2 rings (SSSR count). The van der Waals surface area contributed by atoms with Crippen LogP contribution in [0.3, 0.4) is 0 Å². The number of alkyl halides is 1. The number of rotatable bonds is 5. The summed E-state index contributed by atoms with van der Waals surface area (Å²) in [6, 6.07) is 7.80. The summed E-state index contributed by atoms with van der Waals surface area (Å²) < 4.78 is 38.7. The lowest BCUT2D eigenvalue weighted by molar-refractivity contribution is 0.273. The summed E-state index contributed by atoms with van der Waals surface area (Å²) in [6.45, 7) is 0.0596. The zero-order valence-electron chi connectivity index (χ0n) is 11.1. The highest BCUT2D eigenvalue weighted by Gasteiger charge is 2.13. The molecule has 6 heteroatoms. The van der Waals surface area contributed by atoms with E-state index in [9.17, 15) is 8.78 Å². The molecule has 0 N–H and O–H groups in total. The number of ether oxygens (including phenoxy) is 2. The predicted molar refractivity (Wildman–Crippen MR) is 84.0 cm³/mol. The highest BCUT2D eigenvalue weighted by Crippen LogP contribution is 2.28. The number of halogens is 4. The van der Waals surface area contributed by atoms with Gasteiger partial charge < -0.3 is 9.47 Å². The molecule has 0 aliphatic heterocycles. The zero-order valence-corrected chi connectivity index (χ0v) is 14.3. The standard InChI is InChI=1S/C15H12Br2F2O2/c1-20-14-3-2-9(4-11(14)17)8-21-15-12(18)5-10(7-16)6-13(15)19/h2-6H,7-8H2,1H3. The van der Waals surface area contributed by atoms with Crippen LogP contribution in [0.4, 0.5) is 8.78 Å². The van der Waals surface area contributed by atoms with Gasteiger partial charge in [0.1, 0.15) is 12.4 Å². The third kappa shape index (κ3) is 3.95. The van der Waals surface area contributed by atoms with Crippen molar-refractivity contribution in [3.8, 4) is 11.5 Å². The Bertz CT molecular complexity index is 625. The van der Waals surface area contributed by atoms with Gasteiger partial charge in [-0.2, -0.15) is 0 Å². The molecule has 0 bridgehead atoms. The minimum absolute atomic E-state index is 0.0596. The fourth-order valence-corrected chi connectivity index (χ4v) is 2.69. The number of hydrogen-bond donors (Lipinski definition) is 0. The van der Waals surface area contributed by atoms with Crippen LogP contribution in [0.2, 0.25) is 0 Å². The molecule has 2 nitrogen and oxygen atoms in total. The van der Waals surface area contributed by atoms with Crippen LogP contribution in [0.15, 0.2) is 34.8 Å². The molecule has 0 radical (unpaired) electrons. The average molecular weight is 422 g/mol. The van der Waals surface area contributed by atoms with Crippen LogP contribution in [-0.4, -0.2) is 7.11 Å². The van der Waals surface area contributed by atoms with Gasteiger partial charge in [0, 0.05) is 5.33 Å². The Morgan fingerprint density at radius 2 is 1.71 bits per heavy atom. The van der Waals surface area contributed by atoms with E-state index in [0.717, 1.165) is 10.0 Å². The van der Waals surface area contributed by atoms with Crippen molar-refractivity contribution in [1.82, 2.24) is 0 Å². The molecular weight excluding hydrogens is 410 g/mol.